The summed E-state index contributed by atoms with van der Waals surface area (Å²) >= 11 is 0. The number of rotatable bonds is 7. The Balaban J connectivity index is 2.65. The Bertz CT molecular complexity index is 472. The van der Waals surface area contributed by atoms with Crippen molar-refractivity contribution >= 4 is 17.7 Å². The highest BCUT2D eigenvalue weighted by Crippen LogP contribution is 2.10. The monoisotopic (exact) mass is 293 g/mol. The molecule has 1 aromatic carbocycles. The van der Waals surface area contributed by atoms with Crippen LogP contribution >= 0.6 is 0 Å². The molecule has 1 aromatic rings. The molecular weight excluding hydrogens is 270 g/mol. The molecule has 0 radical (unpaired) electrons. The summed E-state index contributed by atoms with van der Waals surface area (Å²) in [5.74, 6) is -0.980. The number of carbonyl (C=O) groups excluding carboxylic acids is 1. The maximum absolute atomic E-state index is 12.2. The molecule has 6 heteroatoms. The molecule has 0 fully saturated rings. The molecule has 116 valence electrons. The van der Waals surface area contributed by atoms with Crippen molar-refractivity contribution in [2.45, 2.75) is 13.3 Å². The Hall–Kier alpha value is -2.08. The first kappa shape index (κ1) is 17.0. The second-order valence-corrected chi connectivity index (χ2v) is 5.10. The van der Waals surface area contributed by atoms with E-state index in [1.165, 1.54) is 12.1 Å². The molecule has 0 aliphatic carbocycles. The summed E-state index contributed by atoms with van der Waals surface area (Å²) in [5.41, 5.74) is 0.793. The van der Waals surface area contributed by atoms with E-state index < -0.39 is 5.97 Å². The number of hydrogen-bond donors (Lipinski definition) is 2. The zero-order chi connectivity index (χ0) is 15.8. The fourth-order valence-electron chi connectivity index (χ4n) is 1.80. The zero-order valence-corrected chi connectivity index (χ0v) is 12.8. The number of nitrogens with zero attached hydrogens (tertiary/aromatic N) is 2. The highest BCUT2D eigenvalue weighted by Gasteiger charge is 2.13. The van der Waals surface area contributed by atoms with Crippen LogP contribution in [0.4, 0.5) is 10.5 Å². The number of anilines is 1. The highest BCUT2D eigenvalue weighted by molar-refractivity contribution is 5.91. The smallest absolute Gasteiger partial charge is 0.335 e. The van der Waals surface area contributed by atoms with E-state index in [4.69, 9.17) is 5.11 Å². The maximum atomic E-state index is 12.2. The molecular formula is C15H23N3O3. The molecule has 1 rings (SSSR count). The van der Waals surface area contributed by atoms with E-state index in [0.717, 1.165) is 13.0 Å². The summed E-state index contributed by atoms with van der Waals surface area (Å²) in [7, 11) is 3.93. The molecule has 0 spiro atoms. The lowest BCUT2D eigenvalue weighted by atomic mass is 10.2. The lowest BCUT2D eigenvalue weighted by Crippen LogP contribution is -2.39. The van der Waals surface area contributed by atoms with Gasteiger partial charge in [-0.3, -0.25) is 0 Å². The van der Waals surface area contributed by atoms with Gasteiger partial charge < -0.3 is 20.2 Å². The summed E-state index contributed by atoms with van der Waals surface area (Å²) < 4.78 is 0. The lowest BCUT2D eigenvalue weighted by molar-refractivity contribution is 0.0697. The molecule has 6 nitrogen and oxygen atoms in total. The van der Waals surface area contributed by atoms with E-state index in [1.54, 1.807) is 17.0 Å². The third-order valence-corrected chi connectivity index (χ3v) is 2.98. The number of amides is 2. The van der Waals surface area contributed by atoms with Crippen LogP contribution in [0.1, 0.15) is 23.7 Å². The largest absolute Gasteiger partial charge is 0.478 e. The van der Waals surface area contributed by atoms with Crippen LogP contribution in [0.3, 0.4) is 0 Å². The molecule has 0 aromatic heterocycles. The molecule has 0 saturated heterocycles. The average Bonchev–Trinajstić information content (AvgIpc) is 2.43. The Labute approximate surface area is 125 Å². The van der Waals surface area contributed by atoms with Crippen LogP contribution in [0.5, 0.6) is 0 Å². The Morgan fingerprint density at radius 1 is 1.10 bits per heavy atom. The summed E-state index contributed by atoms with van der Waals surface area (Å²) in [6.45, 7) is 4.16. The molecule has 0 aliphatic heterocycles. The fourth-order valence-corrected chi connectivity index (χ4v) is 1.80. The van der Waals surface area contributed by atoms with Gasteiger partial charge in [-0.15, -0.1) is 0 Å². The van der Waals surface area contributed by atoms with Crippen LogP contribution in [-0.4, -0.2) is 60.6 Å². The van der Waals surface area contributed by atoms with Crippen molar-refractivity contribution in [3.63, 3.8) is 0 Å². The molecule has 0 saturated carbocycles. The quantitative estimate of drug-likeness (QED) is 0.808. The summed E-state index contributed by atoms with van der Waals surface area (Å²) in [6, 6.07) is 5.97. The van der Waals surface area contributed by atoms with E-state index in [-0.39, 0.29) is 11.6 Å². The predicted molar refractivity (Wildman–Crippen MR) is 82.8 cm³/mol. The minimum atomic E-state index is -0.980. The number of nitrogens with one attached hydrogen (secondary N) is 1. The average molecular weight is 293 g/mol. The number of likely N-dealkylation sites (N-methyl/N-ethyl adjacent to an activating group) is 1. The van der Waals surface area contributed by atoms with Gasteiger partial charge in [0, 0.05) is 25.3 Å². The lowest BCUT2D eigenvalue weighted by Gasteiger charge is -2.24. The minimum Gasteiger partial charge on any atom is -0.478 e. The van der Waals surface area contributed by atoms with Gasteiger partial charge in [-0.05, 0) is 44.8 Å². The summed E-state index contributed by atoms with van der Waals surface area (Å²) in [4.78, 5) is 26.8. The van der Waals surface area contributed by atoms with Crippen LogP contribution < -0.4 is 5.32 Å². The molecule has 2 N–H and O–H groups in total. The normalized spacial score (nSPS) is 10.5. The van der Waals surface area contributed by atoms with Crippen molar-refractivity contribution in [2.75, 3.05) is 39.0 Å². The second-order valence-electron chi connectivity index (χ2n) is 5.10. The first-order chi connectivity index (χ1) is 9.93. The summed E-state index contributed by atoms with van der Waals surface area (Å²) in [6.07, 6.45) is 0.888. The van der Waals surface area contributed by atoms with Gasteiger partial charge >= 0.3 is 12.0 Å². The van der Waals surface area contributed by atoms with Crippen LogP contribution in [0.15, 0.2) is 24.3 Å². The third-order valence-electron chi connectivity index (χ3n) is 2.98. The SMILES string of the molecule is CCCN(CCN(C)C)C(=O)Nc1ccc(C(=O)O)cc1. The first-order valence-electron chi connectivity index (χ1n) is 6.98. The highest BCUT2D eigenvalue weighted by atomic mass is 16.4. The summed E-state index contributed by atoms with van der Waals surface area (Å²) in [5, 5.41) is 11.6. The molecule has 0 atom stereocenters. The Kier molecular flexibility index (Phi) is 6.68. The number of hydrogen-bond acceptors (Lipinski definition) is 3. The van der Waals surface area contributed by atoms with E-state index in [2.05, 4.69) is 5.32 Å². The van der Waals surface area contributed by atoms with Crippen molar-refractivity contribution in [2.24, 2.45) is 0 Å². The number of aromatic carboxylic acids is 1. The van der Waals surface area contributed by atoms with Gasteiger partial charge in [-0.1, -0.05) is 6.92 Å². The van der Waals surface area contributed by atoms with Crippen molar-refractivity contribution in [1.82, 2.24) is 9.80 Å². The van der Waals surface area contributed by atoms with E-state index in [1.807, 2.05) is 25.9 Å². The molecule has 0 unspecified atom stereocenters. The van der Waals surface area contributed by atoms with E-state index in [9.17, 15) is 9.59 Å². The van der Waals surface area contributed by atoms with Gasteiger partial charge in [0.15, 0.2) is 0 Å². The van der Waals surface area contributed by atoms with Crippen molar-refractivity contribution in [3.05, 3.63) is 29.8 Å². The maximum Gasteiger partial charge on any atom is 0.335 e. The Morgan fingerprint density at radius 2 is 1.71 bits per heavy atom. The van der Waals surface area contributed by atoms with Crippen molar-refractivity contribution < 1.29 is 14.7 Å². The second kappa shape index (κ2) is 8.26. The number of carboxylic acids is 1. The Morgan fingerprint density at radius 3 is 2.19 bits per heavy atom. The zero-order valence-electron chi connectivity index (χ0n) is 12.8. The number of carbonyl (C=O) groups is 2. The van der Waals surface area contributed by atoms with Gasteiger partial charge in [0.2, 0.25) is 0 Å². The number of urea groups is 1. The van der Waals surface area contributed by atoms with Crippen molar-refractivity contribution in [3.8, 4) is 0 Å². The molecule has 21 heavy (non-hydrogen) atoms. The van der Waals surface area contributed by atoms with Crippen LogP contribution in [0.2, 0.25) is 0 Å². The number of benzene rings is 1. The van der Waals surface area contributed by atoms with Crippen molar-refractivity contribution in [1.29, 1.82) is 0 Å². The van der Waals surface area contributed by atoms with E-state index >= 15 is 0 Å². The molecule has 2 amide bonds. The topological polar surface area (TPSA) is 72.9 Å². The standard InChI is InChI=1S/C15H23N3O3/c1-4-9-18(11-10-17(2)3)15(21)16-13-7-5-12(6-8-13)14(19)20/h5-8H,4,9-11H2,1-3H3,(H,16,21)(H,19,20). The van der Waals surface area contributed by atoms with Gasteiger partial charge in [0.1, 0.15) is 0 Å². The molecule has 0 aliphatic rings. The molecule has 0 bridgehead atoms. The predicted octanol–water partition coefficient (Wildman–Crippen LogP) is 2.19. The van der Waals surface area contributed by atoms with Gasteiger partial charge in [0.05, 0.1) is 5.56 Å². The van der Waals surface area contributed by atoms with Crippen LogP contribution in [0, 0.1) is 0 Å². The van der Waals surface area contributed by atoms with Gasteiger partial charge in [-0.25, -0.2) is 9.59 Å². The van der Waals surface area contributed by atoms with Crippen LogP contribution in [0.25, 0.3) is 0 Å². The van der Waals surface area contributed by atoms with Gasteiger partial charge in [0.25, 0.3) is 0 Å². The molecule has 0 heterocycles. The number of carboxylic acid groups (broad SMARTS) is 1. The first-order valence-corrected chi connectivity index (χ1v) is 6.98. The third kappa shape index (κ3) is 5.83. The fraction of sp³-hybridized carbons (Fsp3) is 0.467. The van der Waals surface area contributed by atoms with E-state index in [0.29, 0.717) is 18.8 Å². The van der Waals surface area contributed by atoms with Gasteiger partial charge in [-0.2, -0.15) is 0 Å². The minimum absolute atomic E-state index is 0.165. The van der Waals surface area contributed by atoms with Crippen LogP contribution in [-0.2, 0) is 0 Å².